The second kappa shape index (κ2) is 5.20. The first-order chi connectivity index (χ1) is 7.74. The standard InChI is InChI=1S/C11H9FIN3/c12-9-3-1-8(2-4-9)5-14-11-15-6-10(13)7-16-11/h1-4,6-7H,5H2,(H,14,15,16). The molecule has 0 spiro atoms. The van der Waals surface area contributed by atoms with Gasteiger partial charge in [0.05, 0.1) is 0 Å². The normalized spacial score (nSPS) is 10.1. The molecular weight excluding hydrogens is 320 g/mol. The van der Waals surface area contributed by atoms with Crippen molar-refractivity contribution < 1.29 is 4.39 Å². The number of hydrogen-bond acceptors (Lipinski definition) is 3. The minimum Gasteiger partial charge on any atom is -0.350 e. The van der Waals surface area contributed by atoms with Crippen LogP contribution in [-0.4, -0.2) is 9.97 Å². The number of rotatable bonds is 3. The summed E-state index contributed by atoms with van der Waals surface area (Å²) in [6, 6.07) is 6.33. The summed E-state index contributed by atoms with van der Waals surface area (Å²) in [7, 11) is 0. The molecule has 0 atom stereocenters. The molecule has 3 nitrogen and oxygen atoms in total. The number of hydrogen-bond donors (Lipinski definition) is 1. The molecule has 1 heterocycles. The van der Waals surface area contributed by atoms with Crippen LogP contribution in [0.15, 0.2) is 36.7 Å². The smallest absolute Gasteiger partial charge is 0.222 e. The maximum absolute atomic E-state index is 12.6. The molecule has 0 radical (unpaired) electrons. The Morgan fingerprint density at radius 1 is 1.12 bits per heavy atom. The Hall–Kier alpha value is -1.24. The lowest BCUT2D eigenvalue weighted by molar-refractivity contribution is 0.627. The number of benzene rings is 1. The lowest BCUT2D eigenvalue weighted by atomic mass is 10.2. The molecule has 0 unspecified atom stereocenters. The van der Waals surface area contributed by atoms with Gasteiger partial charge in [-0.05, 0) is 40.3 Å². The first-order valence-electron chi connectivity index (χ1n) is 4.70. The van der Waals surface area contributed by atoms with Gasteiger partial charge in [0.15, 0.2) is 0 Å². The fourth-order valence-corrected chi connectivity index (χ4v) is 1.47. The summed E-state index contributed by atoms with van der Waals surface area (Å²) in [6.07, 6.45) is 3.47. The first kappa shape index (κ1) is 11.3. The van der Waals surface area contributed by atoms with E-state index < -0.39 is 0 Å². The zero-order valence-electron chi connectivity index (χ0n) is 8.32. The summed E-state index contributed by atoms with van der Waals surface area (Å²) in [6.45, 7) is 0.584. The van der Waals surface area contributed by atoms with E-state index in [0.29, 0.717) is 12.5 Å². The molecule has 1 N–H and O–H groups in total. The molecule has 0 fully saturated rings. The Morgan fingerprint density at radius 2 is 1.75 bits per heavy atom. The van der Waals surface area contributed by atoms with Gasteiger partial charge in [-0.1, -0.05) is 12.1 Å². The van der Waals surface area contributed by atoms with Gasteiger partial charge in [0.1, 0.15) is 5.82 Å². The van der Waals surface area contributed by atoms with Gasteiger partial charge in [-0.15, -0.1) is 0 Å². The molecule has 16 heavy (non-hydrogen) atoms. The van der Waals surface area contributed by atoms with E-state index in [2.05, 4.69) is 37.9 Å². The van der Waals surface area contributed by atoms with Gasteiger partial charge in [0.2, 0.25) is 5.95 Å². The van der Waals surface area contributed by atoms with Gasteiger partial charge >= 0.3 is 0 Å². The zero-order valence-corrected chi connectivity index (χ0v) is 10.5. The highest BCUT2D eigenvalue weighted by Gasteiger charge is 1.97. The predicted molar refractivity (Wildman–Crippen MR) is 68.5 cm³/mol. The largest absolute Gasteiger partial charge is 0.350 e. The van der Waals surface area contributed by atoms with Crippen LogP contribution < -0.4 is 5.32 Å². The summed E-state index contributed by atoms with van der Waals surface area (Å²) < 4.78 is 13.6. The van der Waals surface area contributed by atoms with E-state index in [1.165, 1.54) is 12.1 Å². The number of aromatic nitrogens is 2. The van der Waals surface area contributed by atoms with Gasteiger partial charge in [-0.2, -0.15) is 0 Å². The van der Waals surface area contributed by atoms with E-state index in [9.17, 15) is 4.39 Å². The summed E-state index contributed by atoms with van der Waals surface area (Å²) >= 11 is 2.15. The van der Waals surface area contributed by atoms with Crippen molar-refractivity contribution in [3.8, 4) is 0 Å². The molecule has 0 saturated carbocycles. The lowest BCUT2D eigenvalue weighted by Crippen LogP contribution is -2.03. The zero-order chi connectivity index (χ0) is 11.4. The highest BCUT2D eigenvalue weighted by atomic mass is 127. The molecule has 0 aliphatic heterocycles. The Kier molecular flexibility index (Phi) is 3.66. The van der Waals surface area contributed by atoms with E-state index in [0.717, 1.165) is 9.13 Å². The van der Waals surface area contributed by atoms with Crippen molar-refractivity contribution in [1.82, 2.24) is 9.97 Å². The third-order valence-electron chi connectivity index (χ3n) is 1.98. The molecule has 0 aliphatic carbocycles. The minimum atomic E-state index is -0.228. The van der Waals surface area contributed by atoms with Crippen molar-refractivity contribution in [2.75, 3.05) is 5.32 Å². The molecule has 2 rings (SSSR count). The van der Waals surface area contributed by atoms with Crippen LogP contribution in [0.25, 0.3) is 0 Å². The van der Waals surface area contributed by atoms with Gasteiger partial charge < -0.3 is 5.32 Å². The van der Waals surface area contributed by atoms with Crippen LogP contribution in [-0.2, 0) is 6.54 Å². The Balaban J connectivity index is 1.97. The number of anilines is 1. The molecule has 82 valence electrons. The summed E-state index contributed by atoms with van der Waals surface area (Å²) in [5.41, 5.74) is 0.989. The first-order valence-corrected chi connectivity index (χ1v) is 5.78. The maximum Gasteiger partial charge on any atom is 0.222 e. The Labute approximate surface area is 106 Å². The second-order valence-corrected chi connectivity index (χ2v) is 4.45. The van der Waals surface area contributed by atoms with Crippen molar-refractivity contribution in [3.05, 3.63) is 51.6 Å². The van der Waals surface area contributed by atoms with Crippen LogP contribution in [0.5, 0.6) is 0 Å². The third kappa shape index (κ3) is 3.13. The van der Waals surface area contributed by atoms with Crippen molar-refractivity contribution in [1.29, 1.82) is 0 Å². The lowest BCUT2D eigenvalue weighted by Gasteiger charge is -2.04. The topological polar surface area (TPSA) is 37.8 Å². The van der Waals surface area contributed by atoms with Crippen LogP contribution in [0.3, 0.4) is 0 Å². The van der Waals surface area contributed by atoms with Crippen LogP contribution in [0.4, 0.5) is 10.3 Å². The fourth-order valence-electron chi connectivity index (χ4n) is 1.19. The predicted octanol–water partition coefficient (Wildman–Crippen LogP) is 2.83. The third-order valence-corrected chi connectivity index (χ3v) is 2.54. The van der Waals surface area contributed by atoms with Crippen LogP contribution >= 0.6 is 22.6 Å². The molecular formula is C11H9FIN3. The van der Waals surface area contributed by atoms with Crippen molar-refractivity contribution in [2.45, 2.75) is 6.54 Å². The maximum atomic E-state index is 12.6. The van der Waals surface area contributed by atoms with Gasteiger partial charge in [0, 0.05) is 22.5 Å². The summed E-state index contributed by atoms with van der Waals surface area (Å²) in [4.78, 5) is 8.21. The summed E-state index contributed by atoms with van der Waals surface area (Å²) in [5.74, 6) is 0.346. The van der Waals surface area contributed by atoms with E-state index >= 15 is 0 Å². The van der Waals surface area contributed by atoms with Gasteiger partial charge in [-0.3, -0.25) is 0 Å². The molecule has 1 aromatic heterocycles. The number of nitrogens with zero attached hydrogens (tertiary/aromatic N) is 2. The molecule has 2 aromatic rings. The Morgan fingerprint density at radius 3 is 2.38 bits per heavy atom. The van der Waals surface area contributed by atoms with Gasteiger partial charge in [-0.25, -0.2) is 14.4 Å². The number of nitrogens with one attached hydrogen (secondary N) is 1. The molecule has 5 heteroatoms. The van der Waals surface area contributed by atoms with Crippen molar-refractivity contribution in [2.24, 2.45) is 0 Å². The SMILES string of the molecule is Fc1ccc(CNc2ncc(I)cn2)cc1. The average Bonchev–Trinajstić information content (AvgIpc) is 2.30. The van der Waals surface area contributed by atoms with E-state index in [1.807, 2.05) is 0 Å². The van der Waals surface area contributed by atoms with Crippen LogP contribution in [0.1, 0.15) is 5.56 Å². The Bertz CT molecular complexity index is 410. The average molecular weight is 329 g/mol. The molecule has 1 aromatic carbocycles. The highest BCUT2D eigenvalue weighted by Crippen LogP contribution is 2.06. The van der Waals surface area contributed by atoms with Gasteiger partial charge in [0.25, 0.3) is 0 Å². The summed E-state index contributed by atoms with van der Waals surface area (Å²) in [5, 5.41) is 3.06. The minimum absolute atomic E-state index is 0.228. The van der Waals surface area contributed by atoms with Crippen LogP contribution in [0, 0.1) is 9.39 Å². The molecule has 0 aliphatic rings. The van der Waals surface area contributed by atoms with Crippen molar-refractivity contribution >= 4 is 28.5 Å². The molecule has 0 amide bonds. The fraction of sp³-hybridized carbons (Fsp3) is 0.0909. The van der Waals surface area contributed by atoms with E-state index in [-0.39, 0.29) is 5.82 Å². The highest BCUT2D eigenvalue weighted by molar-refractivity contribution is 14.1. The van der Waals surface area contributed by atoms with Crippen LogP contribution in [0.2, 0.25) is 0 Å². The number of halogens is 2. The van der Waals surface area contributed by atoms with Crippen molar-refractivity contribution in [3.63, 3.8) is 0 Å². The second-order valence-electron chi connectivity index (χ2n) is 3.20. The molecule has 0 bridgehead atoms. The monoisotopic (exact) mass is 329 g/mol. The molecule has 0 saturated heterocycles. The van der Waals surface area contributed by atoms with E-state index in [1.54, 1.807) is 24.5 Å². The quantitative estimate of drug-likeness (QED) is 0.880. The van der Waals surface area contributed by atoms with E-state index in [4.69, 9.17) is 0 Å².